The third-order valence-electron chi connectivity index (χ3n) is 2.75. The Morgan fingerprint density at radius 3 is 2.88 bits per heavy atom. The zero-order chi connectivity index (χ0) is 12.3. The molecule has 1 N–H and O–H groups in total. The molecule has 0 radical (unpaired) electrons. The van der Waals surface area contributed by atoms with E-state index < -0.39 is 0 Å². The van der Waals surface area contributed by atoms with Gasteiger partial charge in [-0.3, -0.25) is 4.79 Å². The van der Waals surface area contributed by atoms with Crippen LogP contribution in [0, 0.1) is 5.92 Å². The topological polar surface area (TPSA) is 58.4 Å². The highest BCUT2D eigenvalue weighted by molar-refractivity contribution is 5.91. The zero-order valence-corrected chi connectivity index (χ0v) is 10.4. The third-order valence-corrected chi connectivity index (χ3v) is 2.75. The largest absolute Gasteiger partial charge is 0.436 e. The zero-order valence-electron chi connectivity index (χ0n) is 10.4. The molecule has 5 heteroatoms. The number of oxazole rings is 1. The standard InChI is InChI=1S/C12H19N3O2/c1-9(2)7-11-14-8-10(17-11)12(16)15-5-3-13-4-6-15/h8-9,13H,3-7H2,1-2H3. The molecule has 1 aliphatic rings. The van der Waals surface area contributed by atoms with Crippen molar-refractivity contribution in [1.29, 1.82) is 0 Å². The van der Waals surface area contributed by atoms with Crippen LogP contribution in [0.1, 0.15) is 30.3 Å². The van der Waals surface area contributed by atoms with E-state index in [-0.39, 0.29) is 5.91 Å². The smallest absolute Gasteiger partial charge is 0.291 e. The molecule has 94 valence electrons. The van der Waals surface area contributed by atoms with Crippen LogP contribution >= 0.6 is 0 Å². The van der Waals surface area contributed by atoms with Crippen molar-refractivity contribution in [3.63, 3.8) is 0 Å². The summed E-state index contributed by atoms with van der Waals surface area (Å²) in [7, 11) is 0. The maximum atomic E-state index is 12.1. The lowest BCUT2D eigenvalue weighted by Gasteiger charge is -2.26. The number of carbonyl (C=O) groups excluding carboxylic acids is 1. The second-order valence-corrected chi connectivity index (χ2v) is 4.76. The fourth-order valence-electron chi connectivity index (χ4n) is 1.88. The molecule has 2 heterocycles. The lowest BCUT2D eigenvalue weighted by Crippen LogP contribution is -2.46. The van der Waals surface area contributed by atoms with Gasteiger partial charge >= 0.3 is 0 Å². The van der Waals surface area contributed by atoms with E-state index in [2.05, 4.69) is 24.1 Å². The number of nitrogens with one attached hydrogen (secondary N) is 1. The summed E-state index contributed by atoms with van der Waals surface area (Å²) < 4.78 is 5.49. The van der Waals surface area contributed by atoms with E-state index in [9.17, 15) is 4.79 Å². The summed E-state index contributed by atoms with van der Waals surface area (Å²) in [4.78, 5) is 18.0. The van der Waals surface area contributed by atoms with E-state index in [1.807, 2.05) is 0 Å². The SMILES string of the molecule is CC(C)Cc1ncc(C(=O)N2CCNCC2)o1. The summed E-state index contributed by atoms with van der Waals surface area (Å²) in [5.74, 6) is 1.45. The molecule has 1 aromatic rings. The number of hydrogen-bond acceptors (Lipinski definition) is 4. The molecule has 0 aliphatic carbocycles. The number of piperazine rings is 1. The van der Waals surface area contributed by atoms with Crippen molar-refractivity contribution in [3.8, 4) is 0 Å². The Balaban J connectivity index is 2.01. The van der Waals surface area contributed by atoms with Gasteiger partial charge in [0.25, 0.3) is 5.91 Å². The minimum atomic E-state index is -0.0472. The lowest BCUT2D eigenvalue weighted by atomic mass is 10.1. The summed E-state index contributed by atoms with van der Waals surface area (Å²) in [6.45, 7) is 7.36. The van der Waals surface area contributed by atoms with Crippen LogP contribution < -0.4 is 5.32 Å². The van der Waals surface area contributed by atoms with Gasteiger partial charge in [-0.2, -0.15) is 0 Å². The van der Waals surface area contributed by atoms with Gasteiger partial charge in [0.05, 0.1) is 6.20 Å². The molecular formula is C12H19N3O2. The Morgan fingerprint density at radius 2 is 2.24 bits per heavy atom. The summed E-state index contributed by atoms with van der Waals surface area (Å²) in [5, 5.41) is 3.21. The van der Waals surface area contributed by atoms with E-state index >= 15 is 0 Å². The van der Waals surface area contributed by atoms with E-state index in [0.29, 0.717) is 17.6 Å². The monoisotopic (exact) mass is 237 g/mol. The highest BCUT2D eigenvalue weighted by atomic mass is 16.4. The molecule has 1 fully saturated rings. The van der Waals surface area contributed by atoms with Crippen LogP contribution in [0.3, 0.4) is 0 Å². The first kappa shape index (κ1) is 12.1. The summed E-state index contributed by atoms with van der Waals surface area (Å²) in [6.07, 6.45) is 2.32. The van der Waals surface area contributed by atoms with E-state index in [1.165, 1.54) is 0 Å². The predicted octanol–water partition coefficient (Wildman–Crippen LogP) is 0.918. The Labute approximate surface area is 101 Å². The van der Waals surface area contributed by atoms with Crippen molar-refractivity contribution < 1.29 is 9.21 Å². The number of nitrogens with zero attached hydrogens (tertiary/aromatic N) is 2. The Kier molecular flexibility index (Phi) is 3.78. The van der Waals surface area contributed by atoms with Gasteiger partial charge in [0.1, 0.15) is 0 Å². The van der Waals surface area contributed by atoms with Crippen molar-refractivity contribution in [1.82, 2.24) is 15.2 Å². The fourth-order valence-corrected chi connectivity index (χ4v) is 1.88. The van der Waals surface area contributed by atoms with Gasteiger partial charge < -0.3 is 14.6 Å². The molecule has 1 aromatic heterocycles. The molecule has 0 bridgehead atoms. The van der Waals surface area contributed by atoms with E-state index in [0.717, 1.165) is 32.6 Å². The van der Waals surface area contributed by atoms with Crippen molar-refractivity contribution in [2.24, 2.45) is 5.92 Å². The Hall–Kier alpha value is -1.36. The number of carbonyl (C=O) groups is 1. The van der Waals surface area contributed by atoms with Crippen LogP contribution in [0.4, 0.5) is 0 Å². The Bertz CT molecular complexity index is 381. The normalized spacial score (nSPS) is 16.5. The second-order valence-electron chi connectivity index (χ2n) is 4.76. The number of rotatable bonds is 3. The average molecular weight is 237 g/mol. The quantitative estimate of drug-likeness (QED) is 0.849. The van der Waals surface area contributed by atoms with Gasteiger partial charge in [-0.15, -0.1) is 0 Å². The molecule has 0 spiro atoms. The average Bonchev–Trinajstić information content (AvgIpc) is 2.77. The van der Waals surface area contributed by atoms with Crippen molar-refractivity contribution in [3.05, 3.63) is 17.8 Å². The highest BCUT2D eigenvalue weighted by Crippen LogP contribution is 2.11. The number of hydrogen-bond donors (Lipinski definition) is 1. The van der Waals surface area contributed by atoms with Crippen LogP contribution in [0.15, 0.2) is 10.6 Å². The first-order valence-corrected chi connectivity index (χ1v) is 6.11. The molecule has 1 amide bonds. The molecule has 0 aromatic carbocycles. The molecule has 5 nitrogen and oxygen atoms in total. The first-order chi connectivity index (χ1) is 8.16. The van der Waals surface area contributed by atoms with Gasteiger partial charge in [0.2, 0.25) is 5.76 Å². The molecule has 0 saturated carbocycles. The maximum absolute atomic E-state index is 12.1. The molecule has 0 unspecified atom stereocenters. The molecule has 2 rings (SSSR count). The third kappa shape index (κ3) is 3.06. The molecule has 17 heavy (non-hydrogen) atoms. The van der Waals surface area contributed by atoms with E-state index in [4.69, 9.17) is 4.42 Å². The fraction of sp³-hybridized carbons (Fsp3) is 0.667. The second kappa shape index (κ2) is 5.31. The van der Waals surface area contributed by atoms with Gasteiger partial charge in [0, 0.05) is 32.6 Å². The minimum absolute atomic E-state index is 0.0472. The summed E-state index contributed by atoms with van der Waals surface area (Å²) >= 11 is 0. The van der Waals surface area contributed by atoms with Crippen LogP contribution in [-0.2, 0) is 6.42 Å². The van der Waals surface area contributed by atoms with Crippen LogP contribution in [0.5, 0.6) is 0 Å². The van der Waals surface area contributed by atoms with Crippen LogP contribution in [0.25, 0.3) is 0 Å². The van der Waals surface area contributed by atoms with Gasteiger partial charge in [-0.25, -0.2) is 4.98 Å². The molecule has 1 saturated heterocycles. The molecular weight excluding hydrogens is 218 g/mol. The Morgan fingerprint density at radius 1 is 1.53 bits per heavy atom. The lowest BCUT2D eigenvalue weighted by molar-refractivity contribution is 0.0701. The number of amides is 1. The van der Waals surface area contributed by atoms with Crippen molar-refractivity contribution >= 4 is 5.91 Å². The maximum Gasteiger partial charge on any atom is 0.291 e. The van der Waals surface area contributed by atoms with Gasteiger partial charge in [-0.1, -0.05) is 13.8 Å². The van der Waals surface area contributed by atoms with Gasteiger partial charge in [0.15, 0.2) is 5.89 Å². The minimum Gasteiger partial charge on any atom is -0.436 e. The highest BCUT2D eigenvalue weighted by Gasteiger charge is 2.21. The molecule has 0 atom stereocenters. The van der Waals surface area contributed by atoms with Crippen molar-refractivity contribution in [2.75, 3.05) is 26.2 Å². The van der Waals surface area contributed by atoms with Crippen LogP contribution in [0.2, 0.25) is 0 Å². The number of aromatic nitrogens is 1. The van der Waals surface area contributed by atoms with Crippen LogP contribution in [-0.4, -0.2) is 42.0 Å². The first-order valence-electron chi connectivity index (χ1n) is 6.11. The van der Waals surface area contributed by atoms with Gasteiger partial charge in [-0.05, 0) is 5.92 Å². The van der Waals surface area contributed by atoms with E-state index in [1.54, 1.807) is 11.1 Å². The predicted molar refractivity (Wildman–Crippen MR) is 63.8 cm³/mol. The summed E-state index contributed by atoms with van der Waals surface area (Å²) in [6, 6.07) is 0. The summed E-state index contributed by atoms with van der Waals surface area (Å²) in [5.41, 5.74) is 0. The van der Waals surface area contributed by atoms with Crippen molar-refractivity contribution in [2.45, 2.75) is 20.3 Å². The molecule has 1 aliphatic heterocycles.